The van der Waals surface area contributed by atoms with E-state index in [1.165, 1.54) is 6.42 Å². The second kappa shape index (κ2) is 10.8. The van der Waals surface area contributed by atoms with Gasteiger partial charge in [0.05, 0.1) is 11.9 Å². The molecule has 0 radical (unpaired) electrons. The van der Waals surface area contributed by atoms with E-state index in [1.807, 2.05) is 20.8 Å². The highest BCUT2D eigenvalue weighted by atomic mass is 15.1. The van der Waals surface area contributed by atoms with Crippen LogP contribution in [0.2, 0.25) is 0 Å². The fourth-order valence-electron chi connectivity index (χ4n) is 0.792. The summed E-state index contributed by atoms with van der Waals surface area (Å²) in [7, 11) is 0. The summed E-state index contributed by atoms with van der Waals surface area (Å²) in [6.45, 7) is 17.6. The smallest absolute Gasteiger partial charge is 0.0646 e. The molecule has 15 heavy (non-hydrogen) atoms. The highest BCUT2D eigenvalue weighted by molar-refractivity contribution is 5.68. The zero-order valence-corrected chi connectivity index (χ0v) is 10.7. The third kappa shape index (κ3) is 6.72. The van der Waals surface area contributed by atoms with Gasteiger partial charge in [-0.2, -0.15) is 5.10 Å². The molecule has 1 aromatic heterocycles. The Bertz CT molecular complexity index is 272. The lowest BCUT2D eigenvalue weighted by Crippen LogP contribution is -1.77. The standard InChI is InChI=1S/C8H10N2.C3H8.C2H6/c1-4-8-7(6(2)3)5-9-10-8;1-3-2;1-2/h4-5H,1-2H2,3H3,(H,9,10);3H2,1-2H3;1-2H3. The van der Waals surface area contributed by atoms with E-state index in [9.17, 15) is 0 Å². The Morgan fingerprint density at radius 3 is 2.20 bits per heavy atom. The third-order valence-electron chi connectivity index (χ3n) is 1.33. The average molecular weight is 208 g/mol. The zero-order chi connectivity index (χ0) is 12.3. The number of aromatic amines is 1. The largest absolute Gasteiger partial charge is 0.278 e. The minimum Gasteiger partial charge on any atom is -0.278 e. The van der Waals surface area contributed by atoms with Crippen LogP contribution in [0.4, 0.5) is 0 Å². The molecular formula is C13H24N2. The van der Waals surface area contributed by atoms with Crippen LogP contribution in [-0.2, 0) is 0 Å². The van der Waals surface area contributed by atoms with Gasteiger partial charge in [0.25, 0.3) is 0 Å². The van der Waals surface area contributed by atoms with E-state index in [-0.39, 0.29) is 0 Å². The predicted molar refractivity (Wildman–Crippen MR) is 70.7 cm³/mol. The Balaban J connectivity index is 0. The second-order valence-corrected chi connectivity index (χ2v) is 2.89. The maximum absolute atomic E-state index is 3.86. The van der Waals surface area contributed by atoms with E-state index in [4.69, 9.17) is 0 Å². The molecule has 1 aromatic rings. The number of rotatable bonds is 2. The summed E-state index contributed by atoms with van der Waals surface area (Å²) >= 11 is 0. The molecule has 2 heteroatoms. The van der Waals surface area contributed by atoms with Crippen molar-refractivity contribution in [3.05, 3.63) is 30.6 Å². The number of allylic oxidation sites excluding steroid dienone is 1. The number of hydrogen-bond acceptors (Lipinski definition) is 1. The maximum Gasteiger partial charge on any atom is 0.0646 e. The molecule has 0 aromatic carbocycles. The molecular weight excluding hydrogens is 184 g/mol. The van der Waals surface area contributed by atoms with Crippen LogP contribution < -0.4 is 0 Å². The number of nitrogens with one attached hydrogen (secondary N) is 1. The van der Waals surface area contributed by atoms with Gasteiger partial charge in [-0.15, -0.1) is 0 Å². The first-order valence-electron chi connectivity index (χ1n) is 5.49. The summed E-state index contributed by atoms with van der Waals surface area (Å²) in [5.74, 6) is 0. The van der Waals surface area contributed by atoms with Crippen LogP contribution in [0.15, 0.2) is 19.4 Å². The summed E-state index contributed by atoms with van der Waals surface area (Å²) in [5, 5.41) is 6.66. The van der Waals surface area contributed by atoms with Gasteiger partial charge in [0.2, 0.25) is 0 Å². The molecule has 0 aliphatic rings. The van der Waals surface area contributed by atoms with Crippen LogP contribution in [0.3, 0.4) is 0 Å². The maximum atomic E-state index is 3.86. The van der Waals surface area contributed by atoms with Crippen LogP contribution in [-0.4, -0.2) is 10.2 Å². The molecule has 0 saturated heterocycles. The Morgan fingerprint density at radius 2 is 1.93 bits per heavy atom. The number of H-pyrrole nitrogens is 1. The Hall–Kier alpha value is -1.31. The van der Waals surface area contributed by atoms with E-state index < -0.39 is 0 Å². The normalized spacial score (nSPS) is 7.80. The lowest BCUT2D eigenvalue weighted by molar-refractivity contribution is 1.08. The molecule has 2 nitrogen and oxygen atoms in total. The highest BCUT2D eigenvalue weighted by Crippen LogP contribution is 2.14. The Morgan fingerprint density at radius 1 is 1.47 bits per heavy atom. The fraction of sp³-hybridized carbons (Fsp3) is 0.462. The molecule has 1 heterocycles. The molecule has 1 rings (SSSR count). The van der Waals surface area contributed by atoms with Crippen molar-refractivity contribution in [3.63, 3.8) is 0 Å². The summed E-state index contributed by atoms with van der Waals surface area (Å²) in [6.07, 6.45) is 4.73. The van der Waals surface area contributed by atoms with Crippen LogP contribution in [0.25, 0.3) is 11.6 Å². The average Bonchev–Trinajstić information content (AvgIpc) is 2.69. The zero-order valence-electron chi connectivity index (χ0n) is 10.7. The quantitative estimate of drug-likeness (QED) is 0.760. The summed E-state index contributed by atoms with van der Waals surface area (Å²) in [4.78, 5) is 0. The van der Waals surface area contributed by atoms with Crippen molar-refractivity contribution in [1.29, 1.82) is 0 Å². The van der Waals surface area contributed by atoms with Crippen molar-refractivity contribution < 1.29 is 0 Å². The van der Waals surface area contributed by atoms with Crippen molar-refractivity contribution in [2.45, 2.75) is 41.0 Å². The van der Waals surface area contributed by atoms with Gasteiger partial charge in [0.1, 0.15) is 0 Å². The number of aromatic nitrogens is 2. The molecule has 1 N–H and O–H groups in total. The first kappa shape index (κ1) is 16.1. The fourth-order valence-corrected chi connectivity index (χ4v) is 0.792. The van der Waals surface area contributed by atoms with Gasteiger partial charge in [-0.05, 0) is 18.6 Å². The van der Waals surface area contributed by atoms with Gasteiger partial charge in [-0.3, -0.25) is 5.10 Å². The van der Waals surface area contributed by atoms with Crippen molar-refractivity contribution in [2.75, 3.05) is 0 Å². The van der Waals surface area contributed by atoms with E-state index in [1.54, 1.807) is 12.3 Å². The van der Waals surface area contributed by atoms with Gasteiger partial charge in [0.15, 0.2) is 0 Å². The Kier molecular flexibility index (Phi) is 11.6. The van der Waals surface area contributed by atoms with Crippen LogP contribution >= 0.6 is 0 Å². The molecule has 86 valence electrons. The van der Waals surface area contributed by atoms with Gasteiger partial charge in [0, 0.05) is 5.56 Å². The minimum absolute atomic E-state index is 0.938. The third-order valence-corrected chi connectivity index (χ3v) is 1.33. The molecule has 0 bridgehead atoms. The SMILES string of the molecule is C=Cc1[nH]ncc1C(=C)C.CC.CCC. The van der Waals surface area contributed by atoms with E-state index in [0.29, 0.717) is 0 Å². The molecule has 0 amide bonds. The first-order valence-corrected chi connectivity index (χ1v) is 5.49. The van der Waals surface area contributed by atoms with E-state index >= 15 is 0 Å². The molecule has 0 fully saturated rings. The van der Waals surface area contributed by atoms with Gasteiger partial charge in [-0.1, -0.05) is 47.3 Å². The van der Waals surface area contributed by atoms with Crippen molar-refractivity contribution in [3.8, 4) is 0 Å². The molecule has 0 saturated carbocycles. The molecule has 0 spiro atoms. The lowest BCUT2D eigenvalue weighted by atomic mass is 10.1. The molecule has 0 aliphatic heterocycles. The monoisotopic (exact) mass is 208 g/mol. The second-order valence-electron chi connectivity index (χ2n) is 2.89. The van der Waals surface area contributed by atoms with Gasteiger partial charge >= 0.3 is 0 Å². The molecule has 0 atom stereocenters. The number of hydrogen-bond donors (Lipinski definition) is 1. The topological polar surface area (TPSA) is 28.7 Å². The summed E-state index contributed by atoms with van der Waals surface area (Å²) < 4.78 is 0. The van der Waals surface area contributed by atoms with Crippen molar-refractivity contribution >= 4 is 11.6 Å². The lowest BCUT2D eigenvalue weighted by Gasteiger charge is -1.93. The van der Waals surface area contributed by atoms with Crippen molar-refractivity contribution in [1.82, 2.24) is 10.2 Å². The van der Waals surface area contributed by atoms with E-state index in [2.05, 4.69) is 37.2 Å². The highest BCUT2D eigenvalue weighted by Gasteiger charge is 1.99. The molecule has 0 unspecified atom stereocenters. The van der Waals surface area contributed by atoms with Gasteiger partial charge in [-0.25, -0.2) is 0 Å². The summed E-state index contributed by atoms with van der Waals surface area (Å²) in [5.41, 5.74) is 2.98. The first-order chi connectivity index (χ1) is 7.17. The molecule has 0 aliphatic carbocycles. The van der Waals surface area contributed by atoms with Crippen molar-refractivity contribution in [2.24, 2.45) is 0 Å². The van der Waals surface area contributed by atoms with Gasteiger partial charge < -0.3 is 0 Å². The minimum atomic E-state index is 0.938. The number of nitrogens with zero attached hydrogens (tertiary/aromatic N) is 1. The predicted octanol–water partition coefficient (Wildman–Crippen LogP) is 4.53. The summed E-state index contributed by atoms with van der Waals surface area (Å²) in [6, 6.07) is 0. The van der Waals surface area contributed by atoms with Crippen LogP contribution in [0.1, 0.15) is 52.3 Å². The Labute approximate surface area is 94.1 Å². The van der Waals surface area contributed by atoms with Crippen LogP contribution in [0, 0.1) is 0 Å². The van der Waals surface area contributed by atoms with E-state index in [0.717, 1.165) is 16.8 Å². The van der Waals surface area contributed by atoms with Crippen LogP contribution in [0.5, 0.6) is 0 Å².